The van der Waals surface area contributed by atoms with Crippen LogP contribution >= 0.6 is 0 Å². The van der Waals surface area contributed by atoms with Gasteiger partial charge in [0, 0.05) is 18.2 Å². The van der Waals surface area contributed by atoms with Crippen LogP contribution in [0.1, 0.15) is 39.8 Å². The van der Waals surface area contributed by atoms with Crippen molar-refractivity contribution in [3.05, 3.63) is 52.3 Å². The first kappa shape index (κ1) is 14.9. The number of ketones is 1. The van der Waals surface area contributed by atoms with E-state index in [1.165, 1.54) is 0 Å². The Bertz CT molecular complexity index is 972. The topological polar surface area (TPSA) is 57.0 Å². The number of aromatic nitrogens is 3. The van der Waals surface area contributed by atoms with Crippen molar-refractivity contribution in [2.45, 2.75) is 26.7 Å². The van der Waals surface area contributed by atoms with Gasteiger partial charge in [0.15, 0.2) is 5.65 Å². The van der Waals surface area contributed by atoms with Crippen LogP contribution < -0.4 is 4.74 Å². The van der Waals surface area contributed by atoms with Gasteiger partial charge in [-0.2, -0.15) is 5.10 Å². The van der Waals surface area contributed by atoms with Crippen molar-refractivity contribution in [1.82, 2.24) is 14.8 Å². The van der Waals surface area contributed by atoms with Crippen LogP contribution in [0.15, 0.2) is 24.3 Å². The summed E-state index contributed by atoms with van der Waals surface area (Å²) >= 11 is 0. The SMILES string of the molecule is CCOc1c2c(nc3c1c(C)nn3C)C(=O)c1ccccc1CC2. The Balaban J connectivity index is 2.06. The van der Waals surface area contributed by atoms with Gasteiger partial charge in [0.25, 0.3) is 0 Å². The summed E-state index contributed by atoms with van der Waals surface area (Å²) in [6, 6.07) is 7.78. The summed E-state index contributed by atoms with van der Waals surface area (Å²) in [6.07, 6.45) is 1.55. The van der Waals surface area contributed by atoms with Gasteiger partial charge in [-0.3, -0.25) is 9.48 Å². The Kier molecular flexibility index (Phi) is 3.37. The minimum absolute atomic E-state index is 0.0280. The Morgan fingerprint density at radius 2 is 2.04 bits per heavy atom. The number of carbonyl (C=O) groups excluding carboxylic acids is 1. The quantitative estimate of drug-likeness (QED) is 0.728. The largest absolute Gasteiger partial charge is 0.493 e. The first-order chi connectivity index (χ1) is 11.6. The molecule has 0 aliphatic heterocycles. The van der Waals surface area contributed by atoms with Crippen molar-refractivity contribution in [2.24, 2.45) is 7.05 Å². The standard InChI is InChI=1S/C19H19N3O2/c1-4-24-18-14-10-9-12-7-5-6-8-13(12)17(23)16(14)20-19-15(18)11(2)21-22(19)3/h5-8H,4,9-10H2,1-3H3. The fraction of sp³-hybridized carbons (Fsp3) is 0.316. The van der Waals surface area contributed by atoms with Gasteiger partial charge in [-0.05, 0) is 32.3 Å². The first-order valence-electron chi connectivity index (χ1n) is 8.23. The molecule has 0 bridgehead atoms. The van der Waals surface area contributed by atoms with E-state index in [0.717, 1.165) is 46.4 Å². The van der Waals surface area contributed by atoms with Gasteiger partial charge in [-0.1, -0.05) is 24.3 Å². The molecule has 3 aromatic rings. The summed E-state index contributed by atoms with van der Waals surface area (Å²) in [6.45, 7) is 4.45. The predicted molar refractivity (Wildman–Crippen MR) is 91.7 cm³/mol. The van der Waals surface area contributed by atoms with Crippen LogP contribution in [0.4, 0.5) is 0 Å². The number of benzene rings is 1. The van der Waals surface area contributed by atoms with Crippen molar-refractivity contribution in [3.8, 4) is 5.75 Å². The summed E-state index contributed by atoms with van der Waals surface area (Å²) in [5.74, 6) is 0.740. The van der Waals surface area contributed by atoms with E-state index in [0.29, 0.717) is 17.9 Å². The molecule has 0 atom stereocenters. The Morgan fingerprint density at radius 3 is 2.83 bits per heavy atom. The zero-order valence-corrected chi connectivity index (χ0v) is 14.1. The van der Waals surface area contributed by atoms with Crippen molar-refractivity contribution in [1.29, 1.82) is 0 Å². The molecule has 5 nitrogen and oxygen atoms in total. The molecule has 0 radical (unpaired) electrons. The van der Waals surface area contributed by atoms with Gasteiger partial charge in [0.2, 0.25) is 5.78 Å². The summed E-state index contributed by atoms with van der Waals surface area (Å²) in [7, 11) is 1.85. The van der Waals surface area contributed by atoms with Crippen LogP contribution in [0.25, 0.3) is 11.0 Å². The van der Waals surface area contributed by atoms with E-state index in [9.17, 15) is 4.79 Å². The second kappa shape index (κ2) is 5.44. The zero-order chi connectivity index (χ0) is 16.8. The second-order valence-corrected chi connectivity index (χ2v) is 6.09. The maximum atomic E-state index is 13.1. The third kappa shape index (κ3) is 2.04. The molecule has 0 N–H and O–H groups in total. The molecule has 0 saturated carbocycles. The maximum Gasteiger partial charge on any atom is 0.212 e. The van der Waals surface area contributed by atoms with E-state index < -0.39 is 0 Å². The number of aryl methyl sites for hydroxylation is 3. The number of nitrogens with zero attached hydrogens (tertiary/aromatic N) is 3. The van der Waals surface area contributed by atoms with Crippen molar-refractivity contribution in [3.63, 3.8) is 0 Å². The van der Waals surface area contributed by atoms with Crippen LogP contribution in [-0.2, 0) is 19.9 Å². The van der Waals surface area contributed by atoms with E-state index in [-0.39, 0.29) is 5.78 Å². The number of hydrogen-bond donors (Lipinski definition) is 0. The fourth-order valence-corrected chi connectivity index (χ4v) is 3.54. The molecule has 1 aromatic carbocycles. The van der Waals surface area contributed by atoms with E-state index in [4.69, 9.17) is 4.74 Å². The number of rotatable bonds is 2. The Hall–Kier alpha value is -2.69. The number of fused-ring (bicyclic) bond motifs is 3. The molecule has 0 amide bonds. The van der Waals surface area contributed by atoms with Crippen LogP contribution in [0.5, 0.6) is 5.75 Å². The minimum Gasteiger partial charge on any atom is -0.493 e. The molecule has 4 rings (SSSR count). The van der Waals surface area contributed by atoms with Crippen molar-refractivity contribution in [2.75, 3.05) is 6.61 Å². The highest BCUT2D eigenvalue weighted by Gasteiger charge is 2.28. The molecule has 0 unspecified atom stereocenters. The monoisotopic (exact) mass is 321 g/mol. The van der Waals surface area contributed by atoms with Crippen LogP contribution in [0.3, 0.4) is 0 Å². The molecule has 0 fully saturated rings. The molecule has 1 aliphatic carbocycles. The molecule has 0 spiro atoms. The van der Waals surface area contributed by atoms with Gasteiger partial charge in [0.1, 0.15) is 11.4 Å². The molecule has 122 valence electrons. The maximum absolute atomic E-state index is 13.1. The van der Waals surface area contributed by atoms with Crippen LogP contribution in [0.2, 0.25) is 0 Å². The van der Waals surface area contributed by atoms with E-state index in [1.807, 2.05) is 45.2 Å². The second-order valence-electron chi connectivity index (χ2n) is 6.09. The third-order valence-electron chi connectivity index (χ3n) is 4.61. The lowest BCUT2D eigenvalue weighted by atomic mass is 10.0. The molecule has 2 aromatic heterocycles. The Morgan fingerprint density at radius 1 is 1.25 bits per heavy atom. The Labute approximate surface area is 140 Å². The zero-order valence-electron chi connectivity index (χ0n) is 14.1. The molecule has 1 aliphatic rings. The fourth-order valence-electron chi connectivity index (χ4n) is 3.54. The van der Waals surface area contributed by atoms with Crippen LogP contribution in [0, 0.1) is 6.92 Å². The normalized spacial score (nSPS) is 13.5. The molecular formula is C19H19N3O2. The molecule has 5 heteroatoms. The minimum atomic E-state index is -0.0280. The van der Waals surface area contributed by atoms with E-state index in [2.05, 4.69) is 10.1 Å². The predicted octanol–water partition coefficient (Wildman–Crippen LogP) is 3.01. The highest BCUT2D eigenvalue weighted by Crippen LogP contribution is 2.36. The smallest absolute Gasteiger partial charge is 0.212 e. The lowest BCUT2D eigenvalue weighted by Crippen LogP contribution is -2.10. The third-order valence-corrected chi connectivity index (χ3v) is 4.61. The molecule has 2 heterocycles. The number of pyridine rings is 1. The molecule has 0 saturated heterocycles. The van der Waals surface area contributed by atoms with Gasteiger partial charge in [-0.15, -0.1) is 0 Å². The highest BCUT2D eigenvalue weighted by molar-refractivity contribution is 6.11. The number of carbonyl (C=O) groups is 1. The molecular weight excluding hydrogens is 302 g/mol. The van der Waals surface area contributed by atoms with Gasteiger partial charge in [0.05, 0.1) is 17.7 Å². The van der Waals surface area contributed by atoms with Crippen molar-refractivity contribution >= 4 is 16.8 Å². The first-order valence-corrected chi connectivity index (χ1v) is 8.23. The van der Waals surface area contributed by atoms with E-state index in [1.54, 1.807) is 4.68 Å². The van der Waals surface area contributed by atoms with Gasteiger partial charge >= 0.3 is 0 Å². The summed E-state index contributed by atoms with van der Waals surface area (Å²) in [5, 5.41) is 5.37. The number of hydrogen-bond acceptors (Lipinski definition) is 4. The van der Waals surface area contributed by atoms with Gasteiger partial charge < -0.3 is 4.74 Å². The highest BCUT2D eigenvalue weighted by atomic mass is 16.5. The summed E-state index contributed by atoms with van der Waals surface area (Å²) in [4.78, 5) is 17.8. The van der Waals surface area contributed by atoms with Gasteiger partial charge in [-0.25, -0.2) is 4.98 Å². The lowest BCUT2D eigenvalue weighted by Gasteiger charge is -2.13. The number of ether oxygens (including phenoxy) is 1. The summed E-state index contributed by atoms with van der Waals surface area (Å²) in [5.41, 5.74) is 4.79. The lowest BCUT2D eigenvalue weighted by molar-refractivity contribution is 0.103. The molecule has 24 heavy (non-hydrogen) atoms. The van der Waals surface area contributed by atoms with Crippen molar-refractivity contribution < 1.29 is 9.53 Å². The van der Waals surface area contributed by atoms with Crippen LogP contribution in [-0.4, -0.2) is 27.2 Å². The average Bonchev–Trinajstić information content (AvgIpc) is 2.78. The summed E-state index contributed by atoms with van der Waals surface area (Å²) < 4.78 is 7.69. The average molecular weight is 321 g/mol. The van der Waals surface area contributed by atoms with E-state index >= 15 is 0 Å².